The van der Waals surface area contributed by atoms with Crippen LogP contribution in [0, 0.1) is 0 Å². The van der Waals surface area contributed by atoms with Crippen LogP contribution in [-0.4, -0.2) is 25.0 Å². The van der Waals surface area contributed by atoms with Gasteiger partial charge in [-0.2, -0.15) is 0 Å². The molecule has 0 saturated heterocycles. The summed E-state index contributed by atoms with van der Waals surface area (Å²) in [5.74, 6) is -0.528. The summed E-state index contributed by atoms with van der Waals surface area (Å²) < 4.78 is 6.19. The van der Waals surface area contributed by atoms with E-state index in [2.05, 4.69) is 26.6 Å². The van der Waals surface area contributed by atoms with Gasteiger partial charge in [-0.25, -0.2) is 4.79 Å². The van der Waals surface area contributed by atoms with Gasteiger partial charge >= 0.3 is 5.97 Å². The Hall–Kier alpha value is -1.86. The maximum Gasteiger partial charge on any atom is 0.341 e. The van der Waals surface area contributed by atoms with Gasteiger partial charge in [0.05, 0.1) is 18.7 Å². The molecule has 1 heterocycles. The monoisotopic (exact) mass is 436 g/mol. The van der Waals surface area contributed by atoms with Crippen molar-refractivity contribution in [3.8, 4) is 0 Å². The van der Waals surface area contributed by atoms with Crippen molar-refractivity contribution in [2.75, 3.05) is 23.8 Å². The number of halogens is 1. The maximum absolute atomic E-state index is 12.4. The van der Waals surface area contributed by atoms with Gasteiger partial charge in [0.25, 0.3) is 0 Å². The summed E-state index contributed by atoms with van der Waals surface area (Å²) >= 11 is 4.88. The quantitative estimate of drug-likeness (QED) is 0.648. The number of carbonyl (C=O) groups is 2. The SMILES string of the molecule is CCOC(=O)c1c(NC(=O)CNc2ccc(Br)cc2)sc2c1CCCC2. The minimum absolute atomic E-state index is 0.131. The van der Waals surface area contributed by atoms with Crippen molar-refractivity contribution in [1.82, 2.24) is 0 Å². The van der Waals surface area contributed by atoms with Gasteiger partial charge in [0.2, 0.25) is 5.91 Å². The summed E-state index contributed by atoms with van der Waals surface area (Å²) in [6.07, 6.45) is 4.01. The fraction of sp³-hybridized carbons (Fsp3) is 0.368. The van der Waals surface area contributed by atoms with E-state index < -0.39 is 0 Å². The van der Waals surface area contributed by atoms with Crippen LogP contribution in [0.2, 0.25) is 0 Å². The Morgan fingerprint density at radius 2 is 1.92 bits per heavy atom. The average molecular weight is 437 g/mol. The molecule has 0 saturated carbocycles. The third-order valence-corrected chi connectivity index (χ3v) is 5.94. The predicted molar refractivity (Wildman–Crippen MR) is 108 cm³/mol. The first-order chi connectivity index (χ1) is 12.6. The lowest BCUT2D eigenvalue weighted by Gasteiger charge is -2.12. The molecule has 1 amide bonds. The summed E-state index contributed by atoms with van der Waals surface area (Å²) in [6, 6.07) is 7.61. The van der Waals surface area contributed by atoms with Crippen molar-refractivity contribution in [2.45, 2.75) is 32.6 Å². The lowest BCUT2D eigenvalue weighted by molar-refractivity contribution is -0.114. The molecule has 1 aromatic heterocycles. The van der Waals surface area contributed by atoms with Crippen molar-refractivity contribution in [3.05, 3.63) is 44.7 Å². The number of ether oxygens (including phenoxy) is 1. The van der Waals surface area contributed by atoms with Gasteiger partial charge in [-0.3, -0.25) is 4.79 Å². The third kappa shape index (κ3) is 4.45. The predicted octanol–water partition coefficient (Wildman–Crippen LogP) is 4.62. The second kappa shape index (κ2) is 8.68. The molecule has 2 aromatic rings. The van der Waals surface area contributed by atoms with Crippen LogP contribution >= 0.6 is 27.3 Å². The lowest BCUT2D eigenvalue weighted by Crippen LogP contribution is -2.22. The second-order valence-corrected chi connectivity index (χ2v) is 8.06. The molecule has 7 heteroatoms. The van der Waals surface area contributed by atoms with E-state index >= 15 is 0 Å². The van der Waals surface area contributed by atoms with Crippen molar-refractivity contribution in [1.29, 1.82) is 0 Å². The number of rotatable bonds is 6. The van der Waals surface area contributed by atoms with Gasteiger partial charge in [-0.15, -0.1) is 11.3 Å². The zero-order valence-corrected chi connectivity index (χ0v) is 17.0. The first kappa shape index (κ1) is 18.9. The van der Waals surface area contributed by atoms with Crippen LogP contribution in [0.3, 0.4) is 0 Å². The fourth-order valence-electron chi connectivity index (χ4n) is 2.99. The number of thiophene rings is 1. The van der Waals surface area contributed by atoms with E-state index in [0.717, 1.165) is 41.4 Å². The summed E-state index contributed by atoms with van der Waals surface area (Å²) in [4.78, 5) is 26.0. The van der Waals surface area contributed by atoms with Crippen molar-refractivity contribution >= 4 is 49.8 Å². The van der Waals surface area contributed by atoms with Gasteiger partial charge in [0.15, 0.2) is 0 Å². The molecule has 0 aliphatic heterocycles. The molecule has 138 valence electrons. The maximum atomic E-state index is 12.4. The molecule has 3 rings (SSSR count). The van der Waals surface area contributed by atoms with Gasteiger partial charge in [-0.1, -0.05) is 15.9 Å². The van der Waals surface area contributed by atoms with E-state index in [1.807, 2.05) is 24.3 Å². The second-order valence-electron chi connectivity index (χ2n) is 6.04. The molecule has 2 N–H and O–H groups in total. The zero-order chi connectivity index (χ0) is 18.5. The van der Waals surface area contributed by atoms with Crippen LogP contribution in [0.5, 0.6) is 0 Å². The van der Waals surface area contributed by atoms with Crippen molar-refractivity contribution in [3.63, 3.8) is 0 Å². The van der Waals surface area contributed by atoms with Crippen LogP contribution < -0.4 is 10.6 Å². The average Bonchev–Trinajstić information content (AvgIpc) is 2.99. The Bertz CT molecular complexity index is 802. The number of amides is 1. The standard InChI is InChI=1S/C19H21BrN2O3S/c1-2-25-19(24)17-14-5-3-4-6-15(14)26-18(17)22-16(23)11-21-13-9-7-12(20)8-10-13/h7-10,21H,2-6,11H2,1H3,(H,22,23). The van der Waals surface area contributed by atoms with Crippen molar-refractivity contribution in [2.24, 2.45) is 0 Å². The molecule has 0 atom stereocenters. The van der Waals surface area contributed by atoms with Gasteiger partial charge < -0.3 is 15.4 Å². The number of carbonyl (C=O) groups excluding carboxylic acids is 2. The Morgan fingerprint density at radius 1 is 1.19 bits per heavy atom. The molecule has 26 heavy (non-hydrogen) atoms. The zero-order valence-electron chi connectivity index (χ0n) is 14.6. The highest BCUT2D eigenvalue weighted by molar-refractivity contribution is 9.10. The number of aryl methyl sites for hydroxylation is 1. The number of fused-ring (bicyclic) bond motifs is 1. The van der Waals surface area contributed by atoms with Crippen LogP contribution in [0.1, 0.15) is 40.6 Å². The Balaban J connectivity index is 1.71. The highest BCUT2D eigenvalue weighted by Crippen LogP contribution is 2.38. The van der Waals surface area contributed by atoms with E-state index in [1.54, 1.807) is 6.92 Å². The molecule has 0 spiro atoms. The number of benzene rings is 1. The topological polar surface area (TPSA) is 67.4 Å². The Labute approximate surface area is 165 Å². The Kier molecular flexibility index (Phi) is 6.32. The largest absolute Gasteiger partial charge is 0.462 e. The van der Waals surface area contributed by atoms with Crippen LogP contribution in [0.15, 0.2) is 28.7 Å². The first-order valence-corrected chi connectivity index (χ1v) is 10.3. The highest BCUT2D eigenvalue weighted by Gasteiger charge is 2.27. The van der Waals surface area contributed by atoms with Crippen LogP contribution in [0.4, 0.5) is 10.7 Å². The molecule has 1 aromatic carbocycles. The van der Waals surface area contributed by atoms with E-state index in [-0.39, 0.29) is 18.4 Å². The molecule has 0 bridgehead atoms. The molecule has 1 aliphatic rings. The molecule has 1 aliphatic carbocycles. The van der Waals surface area contributed by atoms with E-state index in [1.165, 1.54) is 16.2 Å². The number of esters is 1. The van der Waals surface area contributed by atoms with Crippen LogP contribution in [-0.2, 0) is 22.4 Å². The normalized spacial score (nSPS) is 13.0. The molecular weight excluding hydrogens is 416 g/mol. The minimum Gasteiger partial charge on any atom is -0.462 e. The molecular formula is C19H21BrN2O3S. The number of anilines is 2. The molecule has 0 unspecified atom stereocenters. The smallest absolute Gasteiger partial charge is 0.341 e. The number of nitrogens with one attached hydrogen (secondary N) is 2. The first-order valence-electron chi connectivity index (χ1n) is 8.69. The number of hydrogen-bond acceptors (Lipinski definition) is 5. The van der Waals surface area contributed by atoms with E-state index in [4.69, 9.17) is 4.74 Å². The van der Waals surface area contributed by atoms with E-state index in [0.29, 0.717) is 17.2 Å². The summed E-state index contributed by atoms with van der Waals surface area (Å²) in [5.41, 5.74) is 2.46. The third-order valence-electron chi connectivity index (χ3n) is 4.20. The number of hydrogen-bond donors (Lipinski definition) is 2. The molecule has 5 nitrogen and oxygen atoms in total. The Morgan fingerprint density at radius 3 is 2.65 bits per heavy atom. The van der Waals surface area contributed by atoms with Crippen LogP contribution in [0.25, 0.3) is 0 Å². The fourth-order valence-corrected chi connectivity index (χ4v) is 4.55. The van der Waals surface area contributed by atoms with Gasteiger partial charge in [0, 0.05) is 15.0 Å². The van der Waals surface area contributed by atoms with E-state index in [9.17, 15) is 9.59 Å². The lowest BCUT2D eigenvalue weighted by atomic mass is 9.95. The van der Waals surface area contributed by atoms with Gasteiger partial charge in [-0.05, 0) is 62.4 Å². The highest BCUT2D eigenvalue weighted by atomic mass is 79.9. The summed E-state index contributed by atoms with van der Waals surface area (Å²) in [7, 11) is 0. The summed E-state index contributed by atoms with van der Waals surface area (Å²) in [5, 5.41) is 6.59. The molecule has 0 radical (unpaired) electrons. The van der Waals surface area contributed by atoms with Crippen molar-refractivity contribution < 1.29 is 14.3 Å². The molecule has 0 fully saturated rings. The minimum atomic E-state index is -0.344. The summed E-state index contributed by atoms with van der Waals surface area (Å²) in [6.45, 7) is 2.24. The van der Waals surface area contributed by atoms with Gasteiger partial charge in [0.1, 0.15) is 5.00 Å².